The molecule has 1 saturated heterocycles. The molecule has 0 aliphatic carbocycles. The molecule has 1 N–H and O–H groups in total. The summed E-state index contributed by atoms with van der Waals surface area (Å²) in [4.78, 5) is 12.1. The van der Waals surface area contributed by atoms with Crippen molar-refractivity contribution < 1.29 is 45.7 Å². The quantitative estimate of drug-likeness (QED) is 0.447. The van der Waals surface area contributed by atoms with Crippen molar-refractivity contribution in [3.63, 3.8) is 0 Å². The standard InChI is InChI=1S/C19H21F4N3O6/c1-11-2-4-13(8-14(11)20)29-10-16(27)24-12-3-5-15(30-9-12)17-25-26-18(32-17)28-6-7-31-19(21,22)23/h2,4,8,12,15H,3,5-7,9-10H2,1H3,(H,24,27)/t12-,15+/m0/s1. The van der Waals surface area contributed by atoms with Crippen LogP contribution in [0.5, 0.6) is 11.8 Å². The second-order valence-corrected chi connectivity index (χ2v) is 6.91. The fourth-order valence-electron chi connectivity index (χ4n) is 2.84. The molecule has 176 valence electrons. The number of rotatable bonds is 9. The molecule has 1 aliphatic heterocycles. The number of ether oxygens (including phenoxy) is 4. The number of nitrogens with one attached hydrogen (secondary N) is 1. The highest BCUT2D eigenvalue weighted by Crippen LogP contribution is 2.28. The Morgan fingerprint density at radius 3 is 2.72 bits per heavy atom. The van der Waals surface area contributed by atoms with Crippen LogP contribution in [0.25, 0.3) is 0 Å². The van der Waals surface area contributed by atoms with Crippen molar-refractivity contribution in [3.05, 3.63) is 35.5 Å². The Morgan fingerprint density at radius 2 is 2.03 bits per heavy atom. The van der Waals surface area contributed by atoms with Gasteiger partial charge in [-0.25, -0.2) is 4.39 Å². The van der Waals surface area contributed by atoms with Crippen LogP contribution in [0.4, 0.5) is 17.6 Å². The second kappa shape index (κ2) is 10.6. The zero-order chi connectivity index (χ0) is 23.1. The van der Waals surface area contributed by atoms with Crippen LogP contribution in [-0.4, -0.2) is 54.9 Å². The molecular formula is C19H21F4N3O6. The highest BCUT2D eigenvalue weighted by molar-refractivity contribution is 5.77. The molecule has 0 radical (unpaired) electrons. The maximum atomic E-state index is 13.5. The fraction of sp³-hybridized carbons (Fsp3) is 0.526. The first kappa shape index (κ1) is 23.7. The predicted molar refractivity (Wildman–Crippen MR) is 98.3 cm³/mol. The Kier molecular flexibility index (Phi) is 7.85. The Balaban J connectivity index is 1.36. The molecule has 9 nitrogen and oxygen atoms in total. The van der Waals surface area contributed by atoms with Gasteiger partial charge in [0.15, 0.2) is 6.61 Å². The third-order valence-corrected chi connectivity index (χ3v) is 4.43. The summed E-state index contributed by atoms with van der Waals surface area (Å²) < 4.78 is 73.8. The maximum absolute atomic E-state index is 13.5. The second-order valence-electron chi connectivity index (χ2n) is 6.91. The number of aryl methyl sites for hydroxylation is 1. The van der Waals surface area contributed by atoms with Crippen molar-refractivity contribution in [1.82, 2.24) is 15.5 Å². The van der Waals surface area contributed by atoms with Gasteiger partial charge in [0.25, 0.3) is 5.91 Å². The van der Waals surface area contributed by atoms with E-state index in [1.54, 1.807) is 19.1 Å². The van der Waals surface area contributed by atoms with Gasteiger partial charge in [0.05, 0.1) is 19.3 Å². The number of nitrogens with zero attached hydrogens (tertiary/aromatic N) is 2. The number of halogens is 4. The van der Waals surface area contributed by atoms with Crippen LogP contribution in [0.3, 0.4) is 0 Å². The van der Waals surface area contributed by atoms with Gasteiger partial charge in [-0.15, -0.1) is 18.3 Å². The van der Waals surface area contributed by atoms with Gasteiger partial charge in [0, 0.05) is 6.07 Å². The first-order valence-electron chi connectivity index (χ1n) is 9.66. The van der Waals surface area contributed by atoms with Crippen molar-refractivity contribution in [3.8, 4) is 11.8 Å². The summed E-state index contributed by atoms with van der Waals surface area (Å²) >= 11 is 0. The highest BCUT2D eigenvalue weighted by Gasteiger charge is 2.30. The zero-order valence-corrected chi connectivity index (χ0v) is 17.0. The molecule has 0 saturated carbocycles. The van der Waals surface area contributed by atoms with Crippen molar-refractivity contribution in [2.45, 2.75) is 38.3 Å². The summed E-state index contributed by atoms with van der Waals surface area (Å²) in [7, 11) is 0. The average molecular weight is 463 g/mol. The SMILES string of the molecule is Cc1ccc(OCC(=O)N[C@H]2CC[C@H](c3nnc(OCCOC(F)(F)F)o3)OC2)cc1F. The number of carbonyl (C=O) groups excluding carboxylic acids is 1. The molecule has 2 heterocycles. The predicted octanol–water partition coefficient (Wildman–Crippen LogP) is 2.85. The Morgan fingerprint density at radius 1 is 1.22 bits per heavy atom. The van der Waals surface area contributed by atoms with E-state index >= 15 is 0 Å². The Hall–Kier alpha value is -2.93. The van der Waals surface area contributed by atoms with Crippen LogP contribution in [0.2, 0.25) is 0 Å². The van der Waals surface area contributed by atoms with Crippen molar-refractivity contribution >= 4 is 5.91 Å². The molecule has 1 aromatic carbocycles. The summed E-state index contributed by atoms with van der Waals surface area (Å²) in [5.74, 6) is -0.430. The number of alkyl halides is 3. The van der Waals surface area contributed by atoms with E-state index in [9.17, 15) is 22.4 Å². The first-order valence-corrected chi connectivity index (χ1v) is 9.66. The minimum atomic E-state index is -4.74. The minimum Gasteiger partial charge on any atom is -0.484 e. The van der Waals surface area contributed by atoms with Crippen LogP contribution < -0.4 is 14.8 Å². The first-order chi connectivity index (χ1) is 15.2. The summed E-state index contributed by atoms with van der Waals surface area (Å²) in [6.07, 6.45) is -4.57. The van der Waals surface area contributed by atoms with Crippen LogP contribution in [-0.2, 0) is 14.3 Å². The summed E-state index contributed by atoms with van der Waals surface area (Å²) in [5.41, 5.74) is 0.478. The zero-order valence-electron chi connectivity index (χ0n) is 17.0. The lowest BCUT2D eigenvalue weighted by Gasteiger charge is -2.27. The Bertz CT molecular complexity index is 899. The van der Waals surface area contributed by atoms with Crippen LogP contribution in [0, 0.1) is 12.7 Å². The van der Waals surface area contributed by atoms with Crippen molar-refractivity contribution in [2.75, 3.05) is 26.4 Å². The van der Waals surface area contributed by atoms with E-state index in [0.717, 1.165) is 0 Å². The molecule has 1 aromatic heterocycles. The Labute approximate surface area is 180 Å². The maximum Gasteiger partial charge on any atom is 0.522 e. The molecule has 1 amide bonds. The molecule has 3 rings (SSSR count). The summed E-state index contributed by atoms with van der Waals surface area (Å²) in [6.45, 7) is 0.388. The molecule has 13 heteroatoms. The molecule has 1 aliphatic rings. The smallest absolute Gasteiger partial charge is 0.484 e. The number of benzene rings is 1. The molecule has 0 bridgehead atoms. The number of carbonyl (C=O) groups is 1. The minimum absolute atomic E-state index is 0.117. The molecule has 0 unspecified atom stereocenters. The third-order valence-electron chi connectivity index (χ3n) is 4.43. The van der Waals surface area contributed by atoms with Crippen LogP contribution in [0.1, 0.15) is 30.4 Å². The van der Waals surface area contributed by atoms with E-state index in [-0.39, 0.29) is 42.9 Å². The van der Waals surface area contributed by atoms with E-state index in [1.807, 2.05) is 0 Å². The number of amides is 1. The van der Waals surface area contributed by atoms with E-state index in [0.29, 0.717) is 18.4 Å². The van der Waals surface area contributed by atoms with E-state index in [2.05, 4.69) is 20.3 Å². The topological polar surface area (TPSA) is 105 Å². The van der Waals surface area contributed by atoms with Gasteiger partial charge < -0.3 is 23.9 Å². The van der Waals surface area contributed by atoms with E-state index in [1.165, 1.54) is 6.07 Å². The van der Waals surface area contributed by atoms with Gasteiger partial charge in [0.2, 0.25) is 5.89 Å². The molecule has 0 spiro atoms. The fourth-order valence-corrected chi connectivity index (χ4v) is 2.84. The van der Waals surface area contributed by atoms with Gasteiger partial charge in [-0.3, -0.25) is 9.53 Å². The molecule has 2 aromatic rings. The van der Waals surface area contributed by atoms with E-state index in [4.69, 9.17) is 18.6 Å². The average Bonchev–Trinajstić information content (AvgIpc) is 3.21. The lowest BCUT2D eigenvalue weighted by Crippen LogP contribution is -2.43. The lowest BCUT2D eigenvalue weighted by atomic mass is 10.1. The van der Waals surface area contributed by atoms with E-state index < -0.39 is 31.5 Å². The molecular weight excluding hydrogens is 442 g/mol. The summed E-state index contributed by atoms with van der Waals surface area (Å²) in [5, 5.41) is 10.1. The molecule has 2 atom stereocenters. The van der Waals surface area contributed by atoms with Gasteiger partial charge in [-0.2, -0.15) is 0 Å². The monoisotopic (exact) mass is 463 g/mol. The highest BCUT2D eigenvalue weighted by atomic mass is 19.4. The van der Waals surface area contributed by atoms with Gasteiger partial charge in [-0.05, 0) is 31.4 Å². The molecule has 1 fully saturated rings. The van der Waals surface area contributed by atoms with Crippen molar-refractivity contribution in [1.29, 1.82) is 0 Å². The van der Waals surface area contributed by atoms with Gasteiger partial charge >= 0.3 is 12.4 Å². The van der Waals surface area contributed by atoms with Crippen molar-refractivity contribution in [2.24, 2.45) is 0 Å². The van der Waals surface area contributed by atoms with Crippen LogP contribution in [0.15, 0.2) is 22.6 Å². The lowest BCUT2D eigenvalue weighted by molar-refractivity contribution is -0.325. The normalized spacial score (nSPS) is 18.9. The third kappa shape index (κ3) is 7.34. The number of hydrogen-bond acceptors (Lipinski definition) is 8. The van der Waals surface area contributed by atoms with Gasteiger partial charge in [-0.1, -0.05) is 11.2 Å². The largest absolute Gasteiger partial charge is 0.522 e. The van der Waals surface area contributed by atoms with Gasteiger partial charge in [0.1, 0.15) is 24.3 Å². The summed E-state index contributed by atoms with van der Waals surface area (Å²) in [6, 6.07) is 4.08. The number of aromatic nitrogens is 2. The molecule has 32 heavy (non-hydrogen) atoms. The number of hydrogen-bond donors (Lipinski definition) is 1. The van der Waals surface area contributed by atoms with Crippen LogP contribution >= 0.6 is 0 Å².